The number of aromatic nitrogens is 2. The van der Waals surface area contributed by atoms with E-state index in [0.29, 0.717) is 37.4 Å². The van der Waals surface area contributed by atoms with Crippen LogP contribution in [0.5, 0.6) is 0 Å². The number of pyridine rings is 1. The Morgan fingerprint density at radius 1 is 1.07 bits per heavy atom. The molecule has 3 aromatic rings. The molecule has 0 saturated carbocycles. The number of rotatable bonds is 5. The molecule has 0 atom stereocenters. The molecule has 7 nitrogen and oxygen atoms in total. The first-order valence-corrected chi connectivity index (χ1v) is 10.7. The first kappa shape index (κ1) is 18.6. The maximum absolute atomic E-state index is 12.7. The van der Waals surface area contributed by atoms with Crippen LogP contribution in [0.2, 0.25) is 0 Å². The number of hydrogen-bond acceptors (Lipinski definition) is 4. The minimum Gasteiger partial charge on any atom is -0.350 e. The number of imidazole rings is 1. The Bertz CT molecular complexity index is 1040. The summed E-state index contributed by atoms with van der Waals surface area (Å²) >= 11 is 0. The van der Waals surface area contributed by atoms with Gasteiger partial charge in [-0.2, -0.15) is 4.31 Å². The SMILES string of the molecule is O=C(NCc1cn2ccccc2n1)C1CCN(S(=O)(=O)c2ccccc2)CC1. The lowest BCUT2D eigenvalue weighted by molar-refractivity contribution is -0.126. The monoisotopic (exact) mass is 398 g/mol. The predicted octanol–water partition coefficient (Wildman–Crippen LogP) is 2.05. The lowest BCUT2D eigenvalue weighted by Gasteiger charge is -2.30. The highest BCUT2D eigenvalue weighted by molar-refractivity contribution is 7.89. The Kier molecular flexibility index (Phi) is 5.15. The quantitative estimate of drug-likeness (QED) is 0.713. The summed E-state index contributed by atoms with van der Waals surface area (Å²) in [5, 5.41) is 2.93. The molecule has 1 saturated heterocycles. The number of amides is 1. The van der Waals surface area contributed by atoms with Gasteiger partial charge in [-0.1, -0.05) is 24.3 Å². The maximum atomic E-state index is 12.7. The number of hydrogen-bond donors (Lipinski definition) is 1. The van der Waals surface area contributed by atoms with Gasteiger partial charge in [0.15, 0.2) is 0 Å². The van der Waals surface area contributed by atoms with Crippen molar-refractivity contribution in [2.24, 2.45) is 5.92 Å². The smallest absolute Gasteiger partial charge is 0.243 e. The second-order valence-corrected chi connectivity index (χ2v) is 8.85. The molecule has 1 amide bonds. The fourth-order valence-corrected chi connectivity index (χ4v) is 4.99. The number of sulfonamides is 1. The zero-order valence-electron chi connectivity index (χ0n) is 15.4. The molecule has 8 heteroatoms. The zero-order chi connectivity index (χ0) is 19.6. The minimum absolute atomic E-state index is 0.0474. The molecule has 146 valence electrons. The third-order valence-electron chi connectivity index (χ3n) is 5.06. The molecular formula is C20H22N4O3S. The van der Waals surface area contributed by atoms with Crippen molar-refractivity contribution in [1.82, 2.24) is 19.0 Å². The summed E-state index contributed by atoms with van der Waals surface area (Å²) in [6.45, 7) is 1.07. The van der Waals surface area contributed by atoms with Crippen molar-refractivity contribution < 1.29 is 13.2 Å². The van der Waals surface area contributed by atoms with Gasteiger partial charge in [0.25, 0.3) is 0 Å². The molecule has 0 radical (unpaired) electrons. The van der Waals surface area contributed by atoms with Crippen LogP contribution >= 0.6 is 0 Å². The van der Waals surface area contributed by atoms with E-state index >= 15 is 0 Å². The van der Waals surface area contributed by atoms with E-state index in [1.807, 2.05) is 35.0 Å². The number of benzene rings is 1. The fourth-order valence-electron chi connectivity index (χ4n) is 3.49. The van der Waals surface area contributed by atoms with Crippen LogP contribution in [-0.2, 0) is 21.4 Å². The topological polar surface area (TPSA) is 83.8 Å². The molecule has 2 aromatic heterocycles. The summed E-state index contributed by atoms with van der Waals surface area (Å²) in [7, 11) is -3.49. The predicted molar refractivity (Wildman–Crippen MR) is 105 cm³/mol. The van der Waals surface area contributed by atoms with Gasteiger partial charge in [0, 0.05) is 31.4 Å². The number of nitrogens with zero attached hydrogens (tertiary/aromatic N) is 3. The number of fused-ring (bicyclic) bond motifs is 1. The van der Waals surface area contributed by atoms with Gasteiger partial charge in [0.1, 0.15) is 5.65 Å². The van der Waals surface area contributed by atoms with Gasteiger partial charge in [0.05, 0.1) is 17.1 Å². The molecule has 1 aliphatic heterocycles. The van der Waals surface area contributed by atoms with E-state index in [2.05, 4.69) is 10.3 Å². The van der Waals surface area contributed by atoms with Crippen LogP contribution in [0.15, 0.2) is 65.8 Å². The van der Waals surface area contributed by atoms with Crippen molar-refractivity contribution in [1.29, 1.82) is 0 Å². The normalized spacial score (nSPS) is 16.3. The van der Waals surface area contributed by atoms with Crippen molar-refractivity contribution in [2.75, 3.05) is 13.1 Å². The number of nitrogens with one attached hydrogen (secondary N) is 1. The molecule has 1 aromatic carbocycles. The molecule has 1 N–H and O–H groups in total. The van der Waals surface area contributed by atoms with E-state index in [1.165, 1.54) is 4.31 Å². The summed E-state index contributed by atoms with van der Waals surface area (Å²) in [5.41, 5.74) is 1.63. The highest BCUT2D eigenvalue weighted by atomic mass is 32.2. The van der Waals surface area contributed by atoms with E-state index < -0.39 is 10.0 Å². The summed E-state index contributed by atoms with van der Waals surface area (Å²) in [6.07, 6.45) is 4.84. The lowest BCUT2D eigenvalue weighted by atomic mass is 9.97. The Hall–Kier alpha value is -2.71. The molecule has 1 fully saturated rings. The third kappa shape index (κ3) is 3.79. The maximum Gasteiger partial charge on any atom is 0.243 e. The molecule has 1 aliphatic rings. The Morgan fingerprint density at radius 3 is 2.50 bits per heavy atom. The van der Waals surface area contributed by atoms with Crippen LogP contribution < -0.4 is 5.32 Å². The van der Waals surface area contributed by atoms with Crippen molar-refractivity contribution in [2.45, 2.75) is 24.3 Å². The van der Waals surface area contributed by atoms with Gasteiger partial charge < -0.3 is 9.72 Å². The number of piperidine rings is 1. The van der Waals surface area contributed by atoms with Crippen LogP contribution in [0.3, 0.4) is 0 Å². The van der Waals surface area contributed by atoms with Gasteiger partial charge in [-0.05, 0) is 37.1 Å². The summed E-state index contributed by atoms with van der Waals surface area (Å²) < 4.78 is 28.7. The van der Waals surface area contributed by atoms with Crippen molar-refractivity contribution >= 4 is 21.6 Å². The summed E-state index contributed by atoms with van der Waals surface area (Å²) in [6, 6.07) is 14.2. The van der Waals surface area contributed by atoms with E-state index in [9.17, 15) is 13.2 Å². The molecule has 4 rings (SSSR count). The second kappa shape index (κ2) is 7.73. The molecule has 0 bridgehead atoms. The molecule has 0 aliphatic carbocycles. The second-order valence-electron chi connectivity index (χ2n) is 6.91. The zero-order valence-corrected chi connectivity index (χ0v) is 16.2. The number of carbonyl (C=O) groups excluding carboxylic acids is 1. The standard InChI is InChI=1S/C20H22N4O3S/c25-20(21-14-17-15-23-11-5-4-8-19(23)22-17)16-9-12-24(13-10-16)28(26,27)18-6-2-1-3-7-18/h1-8,11,15-16H,9-10,12-14H2,(H,21,25). The molecule has 28 heavy (non-hydrogen) atoms. The summed E-state index contributed by atoms with van der Waals surface area (Å²) in [4.78, 5) is 17.3. The molecule has 3 heterocycles. The van der Waals surface area contributed by atoms with Gasteiger partial charge in [-0.15, -0.1) is 0 Å². The van der Waals surface area contributed by atoms with Crippen LogP contribution in [0.1, 0.15) is 18.5 Å². The fraction of sp³-hybridized carbons (Fsp3) is 0.300. The Balaban J connectivity index is 1.32. The van der Waals surface area contributed by atoms with Crippen molar-refractivity contribution in [3.63, 3.8) is 0 Å². The van der Waals surface area contributed by atoms with Gasteiger partial charge >= 0.3 is 0 Å². The van der Waals surface area contributed by atoms with Gasteiger partial charge in [0.2, 0.25) is 15.9 Å². The Labute approximate surface area is 164 Å². The van der Waals surface area contributed by atoms with Crippen LogP contribution in [0.25, 0.3) is 5.65 Å². The van der Waals surface area contributed by atoms with E-state index in [1.54, 1.807) is 30.3 Å². The van der Waals surface area contributed by atoms with E-state index in [0.717, 1.165) is 11.3 Å². The minimum atomic E-state index is -3.49. The van der Waals surface area contributed by atoms with Crippen molar-refractivity contribution in [3.05, 3.63) is 66.6 Å². The third-order valence-corrected chi connectivity index (χ3v) is 6.98. The molecular weight excluding hydrogens is 376 g/mol. The van der Waals surface area contributed by atoms with Crippen LogP contribution in [-0.4, -0.2) is 41.1 Å². The van der Waals surface area contributed by atoms with Crippen molar-refractivity contribution in [3.8, 4) is 0 Å². The van der Waals surface area contributed by atoms with Crippen LogP contribution in [0.4, 0.5) is 0 Å². The average Bonchev–Trinajstić information content (AvgIpc) is 3.16. The van der Waals surface area contributed by atoms with Crippen LogP contribution in [0, 0.1) is 5.92 Å². The van der Waals surface area contributed by atoms with Gasteiger partial charge in [-0.3, -0.25) is 4.79 Å². The highest BCUT2D eigenvalue weighted by Crippen LogP contribution is 2.24. The molecule has 0 unspecified atom stereocenters. The van der Waals surface area contributed by atoms with E-state index in [4.69, 9.17) is 0 Å². The largest absolute Gasteiger partial charge is 0.350 e. The molecule has 0 spiro atoms. The first-order chi connectivity index (χ1) is 13.5. The Morgan fingerprint density at radius 2 is 1.79 bits per heavy atom. The average molecular weight is 398 g/mol. The highest BCUT2D eigenvalue weighted by Gasteiger charge is 2.31. The van der Waals surface area contributed by atoms with Gasteiger partial charge in [-0.25, -0.2) is 13.4 Å². The van der Waals surface area contributed by atoms with E-state index in [-0.39, 0.29) is 11.8 Å². The summed E-state index contributed by atoms with van der Waals surface area (Å²) in [5.74, 6) is -0.229. The number of carbonyl (C=O) groups is 1. The first-order valence-electron chi connectivity index (χ1n) is 9.29. The lowest BCUT2D eigenvalue weighted by Crippen LogP contribution is -2.42.